The fraction of sp³-hybridized carbons (Fsp3) is 0.412. The number of aromatic nitrogens is 2. The van der Waals surface area contributed by atoms with Crippen molar-refractivity contribution in [1.29, 1.82) is 0 Å². The van der Waals surface area contributed by atoms with E-state index in [9.17, 15) is 24.6 Å². The van der Waals surface area contributed by atoms with Crippen LogP contribution in [0.2, 0.25) is 0 Å². The first-order chi connectivity index (χ1) is 12.8. The van der Waals surface area contributed by atoms with Crippen LogP contribution >= 0.6 is 11.3 Å². The lowest BCUT2D eigenvalue weighted by Crippen LogP contribution is -2.63. The molecule has 4 rings (SSSR count). The van der Waals surface area contributed by atoms with Crippen LogP contribution in [0.1, 0.15) is 29.2 Å². The molecule has 142 valence electrons. The number of β-lactam (4-membered cyclic amide) rings is 1. The number of esters is 1. The molecule has 0 bridgehead atoms. The van der Waals surface area contributed by atoms with E-state index in [1.807, 2.05) is 6.92 Å². The zero-order valence-electron chi connectivity index (χ0n) is 14.7. The fourth-order valence-corrected chi connectivity index (χ4v) is 5.26. The van der Waals surface area contributed by atoms with Crippen LogP contribution in [0, 0.1) is 11.8 Å². The van der Waals surface area contributed by atoms with Gasteiger partial charge in [0.15, 0.2) is 5.69 Å². The van der Waals surface area contributed by atoms with Gasteiger partial charge in [0.2, 0.25) is 5.91 Å². The van der Waals surface area contributed by atoms with Crippen LogP contribution in [0.3, 0.4) is 0 Å². The van der Waals surface area contributed by atoms with E-state index in [1.54, 1.807) is 10.6 Å². The van der Waals surface area contributed by atoms with Gasteiger partial charge in [-0.05, 0) is 6.92 Å². The quantitative estimate of drug-likeness (QED) is 0.585. The van der Waals surface area contributed by atoms with Gasteiger partial charge >= 0.3 is 11.9 Å². The number of carboxylic acid groups (broad SMARTS) is 1. The molecule has 0 aromatic carbocycles. The number of carbonyl (C=O) groups excluding carboxylic acids is 2. The maximum Gasteiger partial charge on any atom is 0.359 e. The summed E-state index contributed by atoms with van der Waals surface area (Å²) in [7, 11) is 1.26. The monoisotopic (exact) mass is 391 g/mol. The topological polar surface area (TPSA) is 121 Å². The number of amides is 1. The summed E-state index contributed by atoms with van der Waals surface area (Å²) in [5, 5.41) is 19.7. The SMILES string of the molecule is COC(=O)c1ncn2cc(C3=C(C(=O)O)N4C(=O)[C@H]([C@@H](C)O)[C@H]4[C@H]3C)sc12. The maximum absolute atomic E-state index is 12.4. The average molecular weight is 391 g/mol. The van der Waals surface area contributed by atoms with E-state index in [4.69, 9.17) is 4.74 Å². The number of aliphatic hydroxyl groups excluding tert-OH is 1. The molecular formula is C17H17N3O6S. The minimum absolute atomic E-state index is 0.0634. The third-order valence-electron chi connectivity index (χ3n) is 5.23. The molecule has 10 heteroatoms. The standard InChI is InChI=1S/C17H17N3O6S/c1-6-9(8-4-19-5-18-11(15(19)27-8)17(25)26-3)13(16(23)24)20-12(6)10(7(2)21)14(20)22/h4-7,10,12,21H,1-3H3,(H,23,24)/t6-,7+,10+,12+/m0/s1. The Hall–Kier alpha value is -2.72. The molecule has 4 atom stereocenters. The Kier molecular flexibility index (Phi) is 3.86. The van der Waals surface area contributed by atoms with Crippen LogP contribution < -0.4 is 0 Å². The van der Waals surface area contributed by atoms with Crippen LogP contribution in [0.25, 0.3) is 10.4 Å². The van der Waals surface area contributed by atoms with E-state index in [-0.39, 0.29) is 23.2 Å². The third kappa shape index (κ3) is 2.26. The van der Waals surface area contributed by atoms with E-state index in [2.05, 4.69) is 4.98 Å². The summed E-state index contributed by atoms with van der Waals surface area (Å²) in [6.45, 7) is 3.38. The molecule has 1 amide bonds. The van der Waals surface area contributed by atoms with Crippen molar-refractivity contribution in [3.63, 3.8) is 0 Å². The summed E-state index contributed by atoms with van der Waals surface area (Å²) in [4.78, 5) is 42.7. The molecule has 1 fully saturated rings. The van der Waals surface area contributed by atoms with Crippen molar-refractivity contribution in [1.82, 2.24) is 14.3 Å². The Morgan fingerprint density at radius 2 is 2.11 bits per heavy atom. The van der Waals surface area contributed by atoms with Crippen molar-refractivity contribution < 1.29 is 29.3 Å². The number of carbonyl (C=O) groups is 3. The normalized spacial score (nSPS) is 25.6. The number of fused-ring (bicyclic) bond motifs is 2. The summed E-state index contributed by atoms with van der Waals surface area (Å²) in [5.74, 6) is -3.04. The first-order valence-corrected chi connectivity index (χ1v) is 9.13. The highest BCUT2D eigenvalue weighted by Crippen LogP contribution is 2.51. The number of ether oxygens (including phenoxy) is 1. The fourth-order valence-electron chi connectivity index (χ4n) is 4.05. The molecule has 27 heavy (non-hydrogen) atoms. The van der Waals surface area contributed by atoms with Crippen molar-refractivity contribution in [3.8, 4) is 0 Å². The third-order valence-corrected chi connectivity index (χ3v) is 6.37. The van der Waals surface area contributed by atoms with Gasteiger partial charge in [0.1, 0.15) is 16.9 Å². The van der Waals surface area contributed by atoms with Gasteiger partial charge < -0.3 is 19.8 Å². The van der Waals surface area contributed by atoms with Crippen LogP contribution in [0.5, 0.6) is 0 Å². The molecular weight excluding hydrogens is 374 g/mol. The molecule has 1 saturated heterocycles. The zero-order chi connectivity index (χ0) is 19.6. The number of carboxylic acids is 1. The van der Waals surface area contributed by atoms with Crippen molar-refractivity contribution in [2.75, 3.05) is 7.11 Å². The summed E-state index contributed by atoms with van der Waals surface area (Å²) in [6, 6.07) is -0.390. The van der Waals surface area contributed by atoms with E-state index < -0.39 is 30.0 Å². The second-order valence-corrected chi connectivity index (χ2v) is 7.74. The number of nitrogens with zero attached hydrogens (tertiary/aromatic N) is 3. The lowest BCUT2D eigenvalue weighted by atomic mass is 9.77. The van der Waals surface area contributed by atoms with Gasteiger partial charge in [-0.25, -0.2) is 14.6 Å². The second-order valence-electron chi connectivity index (χ2n) is 6.71. The first-order valence-electron chi connectivity index (χ1n) is 8.31. The molecule has 2 aromatic rings. The Morgan fingerprint density at radius 1 is 1.41 bits per heavy atom. The number of imidazole rings is 1. The van der Waals surface area contributed by atoms with Crippen LogP contribution in [0.4, 0.5) is 0 Å². The molecule has 2 aliphatic heterocycles. The Bertz CT molecular complexity index is 1020. The van der Waals surface area contributed by atoms with E-state index in [1.165, 1.54) is 36.6 Å². The van der Waals surface area contributed by atoms with Crippen molar-refractivity contribution in [2.24, 2.45) is 11.8 Å². The van der Waals surface area contributed by atoms with Gasteiger partial charge in [-0.2, -0.15) is 0 Å². The number of thiazole rings is 1. The molecule has 0 saturated carbocycles. The second kappa shape index (κ2) is 5.89. The van der Waals surface area contributed by atoms with Gasteiger partial charge in [-0.3, -0.25) is 9.20 Å². The number of aliphatic carboxylic acids is 1. The van der Waals surface area contributed by atoms with Gasteiger partial charge in [-0.1, -0.05) is 6.92 Å². The number of rotatable bonds is 4. The molecule has 2 aromatic heterocycles. The summed E-state index contributed by atoms with van der Waals surface area (Å²) in [6.07, 6.45) is 2.30. The van der Waals surface area contributed by atoms with Gasteiger partial charge in [0.25, 0.3) is 0 Å². The number of hydrogen-bond donors (Lipinski definition) is 2. The van der Waals surface area contributed by atoms with E-state index in [0.717, 1.165) is 0 Å². The van der Waals surface area contributed by atoms with Gasteiger partial charge in [0.05, 0.1) is 30.1 Å². The lowest BCUT2D eigenvalue weighted by molar-refractivity contribution is -0.163. The van der Waals surface area contributed by atoms with Crippen LogP contribution in [-0.4, -0.2) is 61.6 Å². The first kappa shape index (κ1) is 17.7. The summed E-state index contributed by atoms with van der Waals surface area (Å²) >= 11 is 1.22. The summed E-state index contributed by atoms with van der Waals surface area (Å²) < 4.78 is 6.36. The van der Waals surface area contributed by atoms with E-state index >= 15 is 0 Å². The van der Waals surface area contributed by atoms with Gasteiger partial charge in [-0.15, -0.1) is 11.3 Å². The highest BCUT2D eigenvalue weighted by molar-refractivity contribution is 7.18. The van der Waals surface area contributed by atoms with Gasteiger partial charge in [0, 0.05) is 17.7 Å². The predicted molar refractivity (Wildman–Crippen MR) is 93.9 cm³/mol. The largest absolute Gasteiger partial charge is 0.477 e. The number of aliphatic hydroxyl groups is 1. The zero-order valence-corrected chi connectivity index (χ0v) is 15.6. The Morgan fingerprint density at radius 3 is 2.70 bits per heavy atom. The molecule has 9 nitrogen and oxygen atoms in total. The van der Waals surface area contributed by atoms with Crippen LogP contribution in [-0.2, 0) is 14.3 Å². The lowest BCUT2D eigenvalue weighted by Gasteiger charge is -2.46. The molecule has 0 unspecified atom stereocenters. The highest BCUT2D eigenvalue weighted by atomic mass is 32.1. The minimum Gasteiger partial charge on any atom is -0.477 e. The number of hydrogen-bond acceptors (Lipinski definition) is 7. The molecule has 0 radical (unpaired) electrons. The molecule has 0 aliphatic carbocycles. The average Bonchev–Trinajstić information content (AvgIpc) is 3.23. The van der Waals surface area contributed by atoms with Crippen molar-refractivity contribution in [3.05, 3.63) is 28.8 Å². The van der Waals surface area contributed by atoms with Crippen LogP contribution in [0.15, 0.2) is 18.2 Å². The van der Waals surface area contributed by atoms with Crippen molar-refractivity contribution in [2.45, 2.75) is 26.0 Å². The highest BCUT2D eigenvalue weighted by Gasteiger charge is 2.60. The molecule has 2 N–H and O–H groups in total. The molecule has 0 spiro atoms. The smallest absolute Gasteiger partial charge is 0.359 e. The van der Waals surface area contributed by atoms with Crippen molar-refractivity contribution >= 4 is 39.6 Å². The number of methoxy groups -OCH3 is 1. The van der Waals surface area contributed by atoms with E-state index in [0.29, 0.717) is 15.3 Å². The Balaban J connectivity index is 1.84. The minimum atomic E-state index is -1.19. The maximum atomic E-state index is 12.4. The molecule has 2 aliphatic rings. The molecule has 4 heterocycles. The summed E-state index contributed by atoms with van der Waals surface area (Å²) in [5.41, 5.74) is 0.609. The Labute approximate surface area is 157 Å². The predicted octanol–water partition coefficient (Wildman–Crippen LogP) is 0.836.